The van der Waals surface area contributed by atoms with E-state index in [2.05, 4.69) is 9.72 Å². The van der Waals surface area contributed by atoms with Gasteiger partial charge >= 0.3 is 18.3 Å². The molecule has 1 aromatic heterocycles. The first-order valence-electron chi connectivity index (χ1n) is 7.44. The van der Waals surface area contributed by atoms with Gasteiger partial charge in [-0.2, -0.15) is 26.3 Å². The molecule has 25 heavy (non-hydrogen) atoms. The van der Waals surface area contributed by atoms with Crippen molar-refractivity contribution in [3.05, 3.63) is 16.1 Å². The van der Waals surface area contributed by atoms with Crippen LogP contribution in [0, 0.1) is 12.8 Å². The number of likely N-dealkylation sites (tertiary alicyclic amines) is 1. The van der Waals surface area contributed by atoms with E-state index in [0.29, 0.717) is 17.0 Å². The number of nitrogens with zero attached hydrogens (tertiary/aromatic N) is 2. The highest BCUT2D eigenvalue weighted by atomic mass is 32.1. The maximum atomic E-state index is 13.2. The summed E-state index contributed by atoms with van der Waals surface area (Å²) in [4.78, 5) is 16.8. The van der Waals surface area contributed by atoms with Gasteiger partial charge in [-0.3, -0.25) is 9.69 Å². The average molecular weight is 390 g/mol. The first-order chi connectivity index (χ1) is 11.5. The van der Waals surface area contributed by atoms with Crippen molar-refractivity contribution in [2.24, 2.45) is 5.92 Å². The van der Waals surface area contributed by atoms with Crippen LogP contribution in [0.3, 0.4) is 0 Å². The van der Waals surface area contributed by atoms with Gasteiger partial charge in [-0.15, -0.1) is 11.3 Å². The number of thiazole rings is 1. The van der Waals surface area contributed by atoms with Gasteiger partial charge in [0.2, 0.25) is 6.10 Å². The molecule has 1 saturated heterocycles. The van der Waals surface area contributed by atoms with Crippen molar-refractivity contribution >= 4 is 17.3 Å². The van der Waals surface area contributed by atoms with E-state index >= 15 is 0 Å². The topological polar surface area (TPSA) is 42.4 Å². The smallest absolute Gasteiger partial charge is 0.432 e. The summed E-state index contributed by atoms with van der Waals surface area (Å²) in [7, 11) is 0. The normalized spacial score (nSPS) is 21.2. The highest BCUT2D eigenvalue weighted by molar-refractivity contribution is 7.09. The predicted molar refractivity (Wildman–Crippen MR) is 77.0 cm³/mol. The molecule has 1 aromatic rings. The van der Waals surface area contributed by atoms with Gasteiger partial charge < -0.3 is 4.74 Å². The van der Waals surface area contributed by atoms with Crippen LogP contribution in [0.5, 0.6) is 0 Å². The predicted octanol–water partition coefficient (Wildman–Crippen LogP) is 3.87. The molecular formula is C14H16F6N2O2S. The van der Waals surface area contributed by atoms with Gasteiger partial charge in [0.15, 0.2) is 0 Å². The van der Waals surface area contributed by atoms with E-state index in [-0.39, 0.29) is 25.9 Å². The molecule has 142 valence electrons. The monoisotopic (exact) mass is 390 g/mol. The summed E-state index contributed by atoms with van der Waals surface area (Å²) in [5.41, 5.74) is 0.360. The average Bonchev–Trinajstić information content (AvgIpc) is 2.87. The molecule has 0 amide bonds. The summed E-state index contributed by atoms with van der Waals surface area (Å²) in [6, 6.07) is 0. The van der Waals surface area contributed by atoms with Gasteiger partial charge in [0.1, 0.15) is 5.01 Å². The molecule has 0 radical (unpaired) electrons. The molecule has 0 aromatic carbocycles. The number of carbonyl (C=O) groups excluding carboxylic acids is 1. The molecule has 0 unspecified atom stereocenters. The first kappa shape index (κ1) is 20.0. The Morgan fingerprint density at radius 3 is 2.60 bits per heavy atom. The number of rotatable bonds is 4. The van der Waals surface area contributed by atoms with Crippen molar-refractivity contribution in [1.82, 2.24) is 9.88 Å². The van der Waals surface area contributed by atoms with Gasteiger partial charge in [0, 0.05) is 17.6 Å². The van der Waals surface area contributed by atoms with Crippen molar-refractivity contribution < 1.29 is 35.9 Å². The molecule has 1 aliphatic heterocycles. The number of hydrogen-bond acceptors (Lipinski definition) is 5. The molecular weight excluding hydrogens is 374 g/mol. The third-order valence-electron chi connectivity index (χ3n) is 3.63. The maximum absolute atomic E-state index is 13.2. The van der Waals surface area contributed by atoms with Crippen molar-refractivity contribution in [1.29, 1.82) is 0 Å². The number of ether oxygens (including phenoxy) is 1. The fraction of sp³-hybridized carbons (Fsp3) is 0.714. The summed E-state index contributed by atoms with van der Waals surface area (Å²) in [5, 5.41) is 0.995. The lowest BCUT2D eigenvalue weighted by Crippen LogP contribution is -2.44. The lowest BCUT2D eigenvalue weighted by Gasteiger charge is -2.32. The lowest BCUT2D eigenvalue weighted by molar-refractivity contribution is -0.227. The molecule has 0 bridgehead atoms. The van der Waals surface area contributed by atoms with Gasteiger partial charge in [0.05, 0.1) is 12.5 Å². The summed E-state index contributed by atoms with van der Waals surface area (Å²) < 4.78 is 81.5. The highest BCUT2D eigenvalue weighted by Gasteiger charge is 2.47. The number of aromatic nitrogens is 1. The second-order valence-electron chi connectivity index (χ2n) is 5.88. The van der Waals surface area contributed by atoms with Crippen LogP contribution >= 0.6 is 11.3 Å². The Morgan fingerprint density at radius 1 is 1.40 bits per heavy atom. The number of piperidine rings is 1. The second kappa shape index (κ2) is 7.48. The fourth-order valence-electron chi connectivity index (χ4n) is 2.61. The SMILES string of the molecule is Cc1csc([C@@H](OC(=O)[C@H]2CCCN(CC(F)(F)F)C2)C(F)(F)F)n1. The Balaban J connectivity index is 2.05. The van der Waals surface area contributed by atoms with Crippen LogP contribution in [-0.2, 0) is 9.53 Å². The van der Waals surface area contributed by atoms with E-state index in [9.17, 15) is 31.1 Å². The van der Waals surface area contributed by atoms with Crippen LogP contribution in [0.4, 0.5) is 26.3 Å². The Bertz CT molecular complexity index is 601. The van der Waals surface area contributed by atoms with E-state index < -0.39 is 41.9 Å². The number of hydrogen-bond donors (Lipinski definition) is 0. The van der Waals surface area contributed by atoms with Gasteiger partial charge in [0.25, 0.3) is 0 Å². The summed E-state index contributed by atoms with van der Waals surface area (Å²) >= 11 is 0.714. The maximum Gasteiger partial charge on any atom is 0.432 e. The molecule has 0 N–H and O–H groups in total. The number of carbonyl (C=O) groups is 1. The van der Waals surface area contributed by atoms with E-state index in [4.69, 9.17) is 0 Å². The van der Waals surface area contributed by atoms with Crippen LogP contribution in [-0.4, -0.2) is 47.8 Å². The molecule has 2 rings (SSSR count). The molecule has 0 saturated carbocycles. The van der Waals surface area contributed by atoms with E-state index in [1.54, 1.807) is 0 Å². The minimum atomic E-state index is -4.85. The van der Waals surface area contributed by atoms with Gasteiger partial charge in [-0.1, -0.05) is 0 Å². The minimum Gasteiger partial charge on any atom is -0.445 e. The van der Waals surface area contributed by atoms with E-state index in [1.807, 2.05) is 0 Å². The Labute approximate surface area is 143 Å². The van der Waals surface area contributed by atoms with Crippen LogP contribution in [0.2, 0.25) is 0 Å². The van der Waals surface area contributed by atoms with E-state index in [0.717, 1.165) is 4.90 Å². The Hall–Kier alpha value is -1.36. The molecule has 1 aliphatic rings. The lowest BCUT2D eigenvalue weighted by atomic mass is 9.98. The summed E-state index contributed by atoms with van der Waals surface area (Å²) in [5.74, 6) is -2.18. The van der Waals surface area contributed by atoms with Crippen molar-refractivity contribution in [2.45, 2.75) is 38.2 Å². The number of esters is 1. The van der Waals surface area contributed by atoms with Gasteiger partial charge in [-0.25, -0.2) is 4.98 Å². The molecule has 1 fully saturated rings. The molecule has 0 spiro atoms. The fourth-order valence-corrected chi connectivity index (χ4v) is 3.45. The van der Waals surface area contributed by atoms with Crippen molar-refractivity contribution in [2.75, 3.05) is 19.6 Å². The minimum absolute atomic E-state index is 0.137. The zero-order valence-electron chi connectivity index (χ0n) is 13.2. The zero-order valence-corrected chi connectivity index (χ0v) is 14.0. The second-order valence-corrected chi connectivity index (χ2v) is 6.76. The van der Waals surface area contributed by atoms with Crippen molar-refractivity contribution in [3.63, 3.8) is 0 Å². The number of alkyl halides is 6. The molecule has 2 atom stereocenters. The molecule has 4 nitrogen and oxygen atoms in total. The summed E-state index contributed by atoms with van der Waals surface area (Å²) in [6.07, 6.45) is -11.3. The Morgan fingerprint density at radius 2 is 2.08 bits per heavy atom. The van der Waals surface area contributed by atoms with Crippen LogP contribution in [0.1, 0.15) is 29.6 Å². The van der Waals surface area contributed by atoms with Crippen LogP contribution < -0.4 is 0 Å². The standard InChI is InChI=1S/C14H16F6N2O2S/c1-8-6-25-11(21-8)10(14(18,19)20)24-12(23)9-3-2-4-22(5-9)7-13(15,16)17/h6,9-10H,2-5,7H2,1H3/t9-,10+/m0/s1. The number of aryl methyl sites for hydroxylation is 1. The molecule has 2 heterocycles. The Kier molecular flexibility index (Phi) is 5.97. The largest absolute Gasteiger partial charge is 0.445 e. The third kappa shape index (κ3) is 5.84. The van der Waals surface area contributed by atoms with Gasteiger partial charge in [-0.05, 0) is 26.3 Å². The quantitative estimate of drug-likeness (QED) is 0.578. The molecule has 0 aliphatic carbocycles. The number of halogens is 6. The van der Waals surface area contributed by atoms with Crippen LogP contribution in [0.25, 0.3) is 0 Å². The first-order valence-corrected chi connectivity index (χ1v) is 8.32. The zero-order chi connectivity index (χ0) is 18.8. The summed E-state index contributed by atoms with van der Waals surface area (Å²) in [6.45, 7) is 0.161. The van der Waals surface area contributed by atoms with Crippen molar-refractivity contribution in [3.8, 4) is 0 Å². The highest BCUT2D eigenvalue weighted by Crippen LogP contribution is 2.38. The molecule has 11 heteroatoms. The van der Waals surface area contributed by atoms with Crippen LogP contribution in [0.15, 0.2) is 5.38 Å². The van der Waals surface area contributed by atoms with E-state index in [1.165, 1.54) is 12.3 Å². The third-order valence-corrected chi connectivity index (χ3v) is 4.64.